The summed E-state index contributed by atoms with van der Waals surface area (Å²) in [7, 11) is 1.86. The summed E-state index contributed by atoms with van der Waals surface area (Å²) in [5.41, 5.74) is 2.17. The van der Waals surface area contributed by atoms with E-state index in [1.54, 1.807) is 24.5 Å². The Balaban J connectivity index is 1.81. The number of H-pyrrole nitrogens is 1. The minimum Gasteiger partial charge on any atom is -0.377 e. The van der Waals surface area contributed by atoms with Gasteiger partial charge in [0.1, 0.15) is 18.0 Å². The number of hydrogen-bond donors (Lipinski definition) is 2. The van der Waals surface area contributed by atoms with Gasteiger partial charge in [-0.1, -0.05) is 18.2 Å². The number of halogens is 1. The summed E-state index contributed by atoms with van der Waals surface area (Å²) < 4.78 is 15.3. The molecule has 2 aromatic carbocycles. The van der Waals surface area contributed by atoms with Gasteiger partial charge in [-0.25, -0.2) is 9.49 Å². The fourth-order valence-corrected chi connectivity index (χ4v) is 3.79. The van der Waals surface area contributed by atoms with Crippen LogP contribution in [0.25, 0.3) is 10.8 Å². The molecule has 27 heavy (non-hydrogen) atoms. The van der Waals surface area contributed by atoms with Crippen LogP contribution in [0, 0.1) is 5.82 Å². The first-order valence-electron chi connectivity index (χ1n) is 8.50. The number of nitrogens with one attached hydrogen (secondary N) is 2. The Morgan fingerprint density at radius 3 is 2.70 bits per heavy atom. The first-order chi connectivity index (χ1) is 13.1. The molecule has 4 aromatic rings. The summed E-state index contributed by atoms with van der Waals surface area (Å²) in [5, 5.41) is 20.1. The molecule has 8 heteroatoms. The number of aromatic nitrogens is 5. The highest BCUT2D eigenvalue weighted by molar-refractivity contribution is 5.97. The SMILES string of the molecule is Cn1cnnc1C1c2n[nH]c(=O)c3cccc(c23)NC1c1ccc(F)cc1. The topological polar surface area (TPSA) is 88.5 Å². The second-order valence-electron chi connectivity index (χ2n) is 6.62. The van der Waals surface area contributed by atoms with E-state index in [0.29, 0.717) is 16.9 Å². The number of aromatic amines is 1. The van der Waals surface area contributed by atoms with Gasteiger partial charge in [-0.15, -0.1) is 10.2 Å². The second-order valence-corrected chi connectivity index (χ2v) is 6.62. The van der Waals surface area contributed by atoms with Crippen molar-refractivity contribution in [3.63, 3.8) is 0 Å². The lowest BCUT2D eigenvalue weighted by Gasteiger charge is -2.33. The monoisotopic (exact) mass is 362 g/mol. The summed E-state index contributed by atoms with van der Waals surface area (Å²) in [6.07, 6.45) is 1.63. The van der Waals surface area contributed by atoms with Gasteiger partial charge >= 0.3 is 0 Å². The molecule has 0 fully saturated rings. The highest BCUT2D eigenvalue weighted by atomic mass is 19.1. The highest BCUT2D eigenvalue weighted by Gasteiger charge is 2.37. The van der Waals surface area contributed by atoms with Gasteiger partial charge in [0.25, 0.3) is 5.56 Å². The molecule has 7 nitrogen and oxygen atoms in total. The quantitative estimate of drug-likeness (QED) is 0.572. The molecule has 0 radical (unpaired) electrons. The number of anilines is 1. The molecular weight excluding hydrogens is 347 g/mol. The van der Waals surface area contributed by atoms with E-state index in [1.165, 1.54) is 12.1 Å². The Labute approximate surface area is 152 Å². The average molecular weight is 362 g/mol. The van der Waals surface area contributed by atoms with Crippen LogP contribution in [0.1, 0.15) is 29.0 Å². The van der Waals surface area contributed by atoms with Gasteiger partial charge in [0.05, 0.1) is 23.0 Å². The normalized spacial score (nSPS) is 18.4. The smallest absolute Gasteiger partial charge is 0.272 e. The number of benzene rings is 2. The van der Waals surface area contributed by atoms with Crippen molar-refractivity contribution in [1.29, 1.82) is 0 Å². The molecule has 0 spiro atoms. The molecule has 3 heterocycles. The molecule has 0 saturated heterocycles. The van der Waals surface area contributed by atoms with Crippen molar-refractivity contribution >= 4 is 16.5 Å². The Bertz CT molecular complexity index is 1210. The zero-order valence-electron chi connectivity index (χ0n) is 14.3. The predicted octanol–water partition coefficient (Wildman–Crippen LogP) is 2.49. The number of nitrogens with zero attached hydrogens (tertiary/aromatic N) is 4. The van der Waals surface area contributed by atoms with Crippen molar-refractivity contribution in [2.75, 3.05) is 5.32 Å². The van der Waals surface area contributed by atoms with Crippen LogP contribution in [0.5, 0.6) is 0 Å². The largest absolute Gasteiger partial charge is 0.377 e. The van der Waals surface area contributed by atoms with Gasteiger partial charge in [-0.2, -0.15) is 5.10 Å². The number of hydrogen-bond acceptors (Lipinski definition) is 5. The van der Waals surface area contributed by atoms with Crippen molar-refractivity contribution < 1.29 is 4.39 Å². The maximum atomic E-state index is 13.5. The Kier molecular flexibility index (Phi) is 3.33. The lowest BCUT2D eigenvalue weighted by atomic mass is 9.83. The van der Waals surface area contributed by atoms with Crippen LogP contribution < -0.4 is 10.9 Å². The van der Waals surface area contributed by atoms with Crippen LogP contribution in [-0.2, 0) is 7.05 Å². The van der Waals surface area contributed by atoms with Crippen LogP contribution in [0.15, 0.2) is 53.6 Å². The highest BCUT2D eigenvalue weighted by Crippen LogP contribution is 2.45. The molecule has 2 unspecified atom stereocenters. The summed E-state index contributed by atoms with van der Waals surface area (Å²) in [4.78, 5) is 12.3. The zero-order valence-corrected chi connectivity index (χ0v) is 14.3. The van der Waals surface area contributed by atoms with Gasteiger partial charge in [-0.3, -0.25) is 4.79 Å². The maximum Gasteiger partial charge on any atom is 0.272 e. The maximum absolute atomic E-state index is 13.5. The first-order valence-corrected chi connectivity index (χ1v) is 8.50. The van der Waals surface area contributed by atoms with Crippen LogP contribution >= 0.6 is 0 Å². The van der Waals surface area contributed by atoms with Crippen LogP contribution in [0.3, 0.4) is 0 Å². The number of aryl methyl sites for hydroxylation is 1. The van der Waals surface area contributed by atoms with E-state index < -0.39 is 0 Å². The Hall–Kier alpha value is -3.55. The fraction of sp³-hybridized carbons (Fsp3) is 0.158. The van der Waals surface area contributed by atoms with Crippen LogP contribution in [0.4, 0.5) is 10.1 Å². The Morgan fingerprint density at radius 2 is 1.96 bits per heavy atom. The average Bonchev–Trinajstić information content (AvgIpc) is 3.10. The van der Waals surface area contributed by atoms with Crippen LogP contribution in [0.2, 0.25) is 0 Å². The molecule has 134 valence electrons. The molecule has 5 rings (SSSR count). The second kappa shape index (κ2) is 5.73. The molecule has 1 aliphatic rings. The van der Waals surface area contributed by atoms with E-state index in [0.717, 1.165) is 16.6 Å². The molecule has 2 aromatic heterocycles. The Morgan fingerprint density at radius 1 is 1.15 bits per heavy atom. The summed E-state index contributed by atoms with van der Waals surface area (Å²) in [6.45, 7) is 0. The van der Waals surface area contributed by atoms with Gasteiger partial charge in [0.15, 0.2) is 0 Å². The van der Waals surface area contributed by atoms with Crippen molar-refractivity contribution in [3.8, 4) is 0 Å². The van der Waals surface area contributed by atoms with Gasteiger partial charge in [0, 0.05) is 18.1 Å². The van der Waals surface area contributed by atoms with E-state index in [-0.39, 0.29) is 23.3 Å². The molecular formula is C19H15FN6O. The summed E-state index contributed by atoms with van der Waals surface area (Å²) >= 11 is 0. The van der Waals surface area contributed by atoms with E-state index in [2.05, 4.69) is 25.7 Å². The van der Waals surface area contributed by atoms with E-state index in [9.17, 15) is 9.18 Å². The third-order valence-corrected chi connectivity index (χ3v) is 5.04. The first kappa shape index (κ1) is 15.7. The van der Waals surface area contributed by atoms with E-state index >= 15 is 0 Å². The molecule has 0 bridgehead atoms. The van der Waals surface area contributed by atoms with Crippen molar-refractivity contribution in [2.24, 2.45) is 7.05 Å². The molecule has 2 atom stereocenters. The third kappa shape index (κ3) is 2.33. The van der Waals surface area contributed by atoms with Crippen molar-refractivity contribution in [2.45, 2.75) is 12.0 Å². The summed E-state index contributed by atoms with van der Waals surface area (Å²) in [6, 6.07) is 11.6. The number of rotatable bonds is 2. The minimum absolute atomic E-state index is 0.241. The lowest BCUT2D eigenvalue weighted by Crippen LogP contribution is -2.29. The van der Waals surface area contributed by atoms with Gasteiger partial charge in [-0.05, 0) is 29.8 Å². The van der Waals surface area contributed by atoms with Crippen LogP contribution in [-0.4, -0.2) is 25.0 Å². The van der Waals surface area contributed by atoms with Gasteiger partial charge < -0.3 is 9.88 Å². The van der Waals surface area contributed by atoms with E-state index in [1.807, 2.05) is 23.7 Å². The van der Waals surface area contributed by atoms with Crippen molar-refractivity contribution in [3.05, 3.63) is 82.0 Å². The molecule has 0 saturated carbocycles. The third-order valence-electron chi connectivity index (χ3n) is 5.04. The molecule has 2 N–H and O–H groups in total. The molecule has 0 aliphatic carbocycles. The summed E-state index contributed by atoms with van der Waals surface area (Å²) in [5.74, 6) is 0.0964. The molecule has 0 amide bonds. The van der Waals surface area contributed by atoms with Crippen molar-refractivity contribution in [1.82, 2.24) is 25.0 Å². The van der Waals surface area contributed by atoms with Gasteiger partial charge in [0.2, 0.25) is 0 Å². The predicted molar refractivity (Wildman–Crippen MR) is 98.0 cm³/mol. The standard InChI is InChI=1S/C19H15FN6O/c1-26-9-21-24-18(26)15-16(10-5-7-11(20)8-6-10)22-13-4-2-3-12-14(13)17(15)23-25-19(12)27/h2-9,15-16,22H,1H3,(H,25,27). The zero-order chi connectivity index (χ0) is 18.5. The molecule has 1 aliphatic heterocycles. The van der Waals surface area contributed by atoms with E-state index in [4.69, 9.17) is 0 Å². The minimum atomic E-state index is -0.308. The fourth-order valence-electron chi connectivity index (χ4n) is 3.79. The lowest BCUT2D eigenvalue weighted by molar-refractivity contribution is 0.579.